The van der Waals surface area contributed by atoms with Gasteiger partial charge in [-0.05, 0) is 55.1 Å². The number of hydrogen-bond donors (Lipinski definition) is 0. The van der Waals surface area contributed by atoms with Crippen molar-refractivity contribution in [2.24, 2.45) is 5.92 Å². The zero-order valence-corrected chi connectivity index (χ0v) is 19.2. The molecule has 166 valence electrons. The van der Waals surface area contributed by atoms with Crippen LogP contribution >= 0.6 is 0 Å². The highest BCUT2D eigenvalue weighted by molar-refractivity contribution is 5.90. The van der Waals surface area contributed by atoms with Crippen LogP contribution in [-0.4, -0.2) is 42.1 Å². The van der Waals surface area contributed by atoms with Gasteiger partial charge in [-0.25, -0.2) is 0 Å². The van der Waals surface area contributed by atoms with Crippen LogP contribution in [0.3, 0.4) is 0 Å². The second kappa shape index (κ2) is 8.64. The van der Waals surface area contributed by atoms with Crippen LogP contribution in [0, 0.1) is 5.92 Å². The van der Waals surface area contributed by atoms with Crippen molar-refractivity contribution in [2.75, 3.05) is 25.0 Å². The van der Waals surface area contributed by atoms with Crippen molar-refractivity contribution in [3.05, 3.63) is 108 Å². The molecule has 3 saturated heterocycles. The lowest BCUT2D eigenvalue weighted by Crippen LogP contribution is -2.65. The topological polar surface area (TPSA) is 19.4 Å². The summed E-state index contributed by atoms with van der Waals surface area (Å²) >= 11 is 0. The van der Waals surface area contributed by atoms with Crippen LogP contribution in [0.2, 0.25) is 0 Å². The van der Waals surface area contributed by atoms with E-state index in [2.05, 4.69) is 102 Å². The highest BCUT2D eigenvalue weighted by Crippen LogP contribution is 2.45. The normalized spacial score (nSPS) is 24.3. The van der Waals surface area contributed by atoms with Gasteiger partial charge < -0.3 is 4.90 Å². The van der Waals surface area contributed by atoms with Gasteiger partial charge in [0.2, 0.25) is 0 Å². The fourth-order valence-corrected chi connectivity index (χ4v) is 6.45. The van der Waals surface area contributed by atoms with E-state index in [-0.39, 0.29) is 0 Å². The molecule has 3 aromatic carbocycles. The van der Waals surface area contributed by atoms with Crippen molar-refractivity contribution >= 4 is 16.6 Å². The van der Waals surface area contributed by atoms with Crippen molar-refractivity contribution in [1.82, 2.24) is 9.88 Å². The molecule has 0 radical (unpaired) electrons. The standard InChI is InChI=1S/C30H31N3/c1-32(26-16-8-14-24-15-9-19-31-28(24)26)29-25-17-20-33(21-18-25)30(29)27(22-10-4-2-5-11-22)23-12-6-3-7-13-23/h2-16,19,25,27,29-30H,17-18,20-21H2,1H3/t29-,30-/m1/s1. The third-order valence-electron chi connectivity index (χ3n) is 7.93. The first-order valence-electron chi connectivity index (χ1n) is 12.2. The molecule has 0 N–H and O–H groups in total. The van der Waals surface area contributed by atoms with Gasteiger partial charge in [0.1, 0.15) is 0 Å². The molecule has 0 spiro atoms. The van der Waals surface area contributed by atoms with Crippen LogP contribution in [0.4, 0.5) is 5.69 Å². The maximum atomic E-state index is 4.79. The predicted molar refractivity (Wildman–Crippen MR) is 137 cm³/mol. The monoisotopic (exact) mass is 433 g/mol. The first-order chi connectivity index (χ1) is 16.3. The molecule has 0 unspecified atom stereocenters. The van der Waals surface area contributed by atoms with E-state index in [0.717, 1.165) is 5.52 Å². The maximum absolute atomic E-state index is 4.79. The Kier molecular flexibility index (Phi) is 5.35. The second-order valence-electron chi connectivity index (χ2n) is 9.62. The van der Waals surface area contributed by atoms with Crippen molar-refractivity contribution in [1.29, 1.82) is 0 Å². The van der Waals surface area contributed by atoms with Crippen molar-refractivity contribution in [3.8, 4) is 0 Å². The van der Waals surface area contributed by atoms with Gasteiger partial charge in [-0.2, -0.15) is 0 Å². The van der Waals surface area contributed by atoms with Gasteiger partial charge in [-0.1, -0.05) is 78.9 Å². The predicted octanol–water partition coefficient (Wildman–Crippen LogP) is 5.97. The van der Waals surface area contributed by atoms with E-state index in [9.17, 15) is 0 Å². The molecule has 2 bridgehead atoms. The van der Waals surface area contributed by atoms with Gasteiger partial charge in [0.15, 0.2) is 0 Å². The lowest BCUT2D eigenvalue weighted by atomic mass is 9.70. The number of aromatic nitrogens is 1. The summed E-state index contributed by atoms with van der Waals surface area (Å²) in [6.45, 7) is 2.40. The summed E-state index contributed by atoms with van der Waals surface area (Å²) < 4.78 is 0. The molecular formula is C30H31N3. The minimum absolute atomic E-state index is 0.339. The molecule has 7 rings (SSSR count). The van der Waals surface area contributed by atoms with Crippen molar-refractivity contribution in [2.45, 2.75) is 30.8 Å². The molecule has 3 aliphatic rings. The zero-order chi connectivity index (χ0) is 22.2. The smallest absolute Gasteiger partial charge is 0.0935 e. The van der Waals surface area contributed by atoms with Crippen LogP contribution in [-0.2, 0) is 0 Å². The number of hydrogen-bond acceptors (Lipinski definition) is 3. The molecular weight excluding hydrogens is 402 g/mol. The number of benzene rings is 3. The SMILES string of the molecule is CN(c1cccc2cccnc12)[C@@H]1C2CCN(CC2)[C@@H]1C(c1ccccc1)c1ccccc1. The van der Waals surface area contributed by atoms with E-state index < -0.39 is 0 Å². The largest absolute Gasteiger partial charge is 0.368 e. The molecule has 1 aromatic heterocycles. The number of pyridine rings is 1. The maximum Gasteiger partial charge on any atom is 0.0935 e. The third-order valence-corrected chi connectivity index (χ3v) is 7.93. The molecule has 3 nitrogen and oxygen atoms in total. The number of piperidine rings is 3. The van der Waals surface area contributed by atoms with Gasteiger partial charge in [-0.3, -0.25) is 9.88 Å². The van der Waals surface area contributed by atoms with Gasteiger partial charge in [0, 0.05) is 36.6 Å². The molecule has 2 atom stereocenters. The highest BCUT2D eigenvalue weighted by Gasteiger charge is 2.48. The highest BCUT2D eigenvalue weighted by atomic mass is 15.3. The Bertz CT molecular complexity index is 1170. The Balaban J connectivity index is 1.49. The number of anilines is 1. The Morgan fingerprint density at radius 1 is 0.788 bits per heavy atom. The molecule has 0 amide bonds. The minimum atomic E-state index is 0.339. The van der Waals surface area contributed by atoms with E-state index in [0.29, 0.717) is 23.9 Å². The van der Waals surface area contributed by atoms with Crippen LogP contribution in [0.1, 0.15) is 29.9 Å². The summed E-state index contributed by atoms with van der Waals surface area (Å²) in [6, 6.07) is 33.9. The summed E-state index contributed by atoms with van der Waals surface area (Å²) in [6.07, 6.45) is 4.48. The van der Waals surface area contributed by atoms with Crippen LogP contribution < -0.4 is 4.90 Å². The average Bonchev–Trinajstić information content (AvgIpc) is 2.90. The fourth-order valence-electron chi connectivity index (χ4n) is 6.45. The Labute approximate surface area is 196 Å². The van der Waals surface area contributed by atoms with Crippen LogP contribution in [0.25, 0.3) is 10.9 Å². The van der Waals surface area contributed by atoms with E-state index in [1.54, 1.807) is 0 Å². The van der Waals surface area contributed by atoms with E-state index >= 15 is 0 Å². The Hall–Kier alpha value is -3.17. The number of fused-ring (bicyclic) bond motifs is 4. The van der Waals surface area contributed by atoms with E-state index in [1.807, 2.05) is 12.3 Å². The number of para-hydroxylation sites is 1. The Morgan fingerprint density at radius 2 is 1.42 bits per heavy atom. The summed E-state index contributed by atoms with van der Waals surface area (Å²) in [7, 11) is 2.30. The number of nitrogens with zero attached hydrogens (tertiary/aromatic N) is 3. The molecule has 0 saturated carbocycles. The molecule has 33 heavy (non-hydrogen) atoms. The average molecular weight is 434 g/mol. The zero-order valence-electron chi connectivity index (χ0n) is 19.2. The molecule has 3 heteroatoms. The van der Waals surface area contributed by atoms with Gasteiger partial charge in [-0.15, -0.1) is 0 Å². The number of rotatable bonds is 5. The van der Waals surface area contributed by atoms with E-state index in [4.69, 9.17) is 4.98 Å². The summed E-state index contributed by atoms with van der Waals surface area (Å²) in [5, 5.41) is 1.21. The van der Waals surface area contributed by atoms with Crippen molar-refractivity contribution < 1.29 is 0 Å². The number of likely N-dealkylation sites (N-methyl/N-ethyl adjacent to an activating group) is 1. The lowest BCUT2D eigenvalue weighted by molar-refractivity contribution is 0.0187. The second-order valence-corrected chi connectivity index (χ2v) is 9.62. The molecule has 4 aromatic rings. The first-order valence-corrected chi connectivity index (χ1v) is 12.2. The van der Waals surface area contributed by atoms with Gasteiger partial charge in [0.05, 0.1) is 11.2 Å². The Morgan fingerprint density at radius 3 is 2.09 bits per heavy atom. The van der Waals surface area contributed by atoms with Crippen molar-refractivity contribution in [3.63, 3.8) is 0 Å². The quantitative estimate of drug-likeness (QED) is 0.387. The molecule has 3 aliphatic heterocycles. The van der Waals surface area contributed by atoms with Gasteiger partial charge >= 0.3 is 0 Å². The summed E-state index contributed by atoms with van der Waals surface area (Å²) in [5.41, 5.74) is 5.18. The lowest BCUT2D eigenvalue weighted by Gasteiger charge is -2.56. The molecule has 0 aliphatic carbocycles. The summed E-state index contributed by atoms with van der Waals surface area (Å²) in [5.74, 6) is 1.03. The summed E-state index contributed by atoms with van der Waals surface area (Å²) in [4.78, 5) is 10.1. The van der Waals surface area contributed by atoms with Crippen LogP contribution in [0.5, 0.6) is 0 Å². The van der Waals surface area contributed by atoms with Crippen LogP contribution in [0.15, 0.2) is 97.2 Å². The van der Waals surface area contributed by atoms with E-state index in [1.165, 1.54) is 48.1 Å². The minimum Gasteiger partial charge on any atom is -0.368 e. The fraction of sp³-hybridized carbons (Fsp3) is 0.300. The third kappa shape index (κ3) is 3.61. The first kappa shape index (κ1) is 20.4. The van der Waals surface area contributed by atoms with Gasteiger partial charge in [0.25, 0.3) is 0 Å². The molecule has 4 heterocycles. The molecule has 3 fully saturated rings.